The SMILES string of the molecule is CCCNC(=O)[C@H](NC(=O)c1cccc(OC)c1)C1CCN(C(=O)c2ccccc2F)CC1. The molecule has 0 bridgehead atoms. The van der Waals surface area contributed by atoms with Crippen molar-refractivity contribution >= 4 is 17.7 Å². The van der Waals surface area contributed by atoms with E-state index < -0.39 is 11.9 Å². The fourth-order valence-corrected chi connectivity index (χ4v) is 3.99. The molecular formula is C25H30FN3O4. The molecule has 0 saturated carbocycles. The van der Waals surface area contributed by atoms with Gasteiger partial charge in [0.25, 0.3) is 11.8 Å². The Kier molecular flexibility index (Phi) is 8.40. The summed E-state index contributed by atoms with van der Waals surface area (Å²) in [4.78, 5) is 40.1. The minimum atomic E-state index is -0.735. The van der Waals surface area contributed by atoms with E-state index in [-0.39, 0.29) is 29.2 Å². The molecule has 0 aliphatic carbocycles. The molecular weight excluding hydrogens is 425 g/mol. The number of amides is 3. The molecule has 0 aromatic heterocycles. The van der Waals surface area contributed by atoms with Gasteiger partial charge in [-0.1, -0.05) is 25.1 Å². The van der Waals surface area contributed by atoms with Gasteiger partial charge in [0, 0.05) is 25.2 Å². The summed E-state index contributed by atoms with van der Waals surface area (Å²) in [5, 5.41) is 5.75. The van der Waals surface area contributed by atoms with Crippen molar-refractivity contribution in [3.8, 4) is 5.75 Å². The van der Waals surface area contributed by atoms with E-state index in [1.165, 1.54) is 19.2 Å². The van der Waals surface area contributed by atoms with E-state index in [4.69, 9.17) is 4.74 Å². The fourth-order valence-electron chi connectivity index (χ4n) is 3.99. The van der Waals surface area contributed by atoms with Gasteiger partial charge in [0.05, 0.1) is 12.7 Å². The Bertz CT molecular complexity index is 989. The van der Waals surface area contributed by atoms with Crippen LogP contribution in [-0.2, 0) is 4.79 Å². The largest absolute Gasteiger partial charge is 0.497 e. The third-order valence-electron chi connectivity index (χ3n) is 5.85. The van der Waals surface area contributed by atoms with Crippen molar-refractivity contribution in [1.82, 2.24) is 15.5 Å². The van der Waals surface area contributed by atoms with E-state index in [1.54, 1.807) is 41.3 Å². The van der Waals surface area contributed by atoms with E-state index in [2.05, 4.69) is 10.6 Å². The van der Waals surface area contributed by atoms with Gasteiger partial charge in [-0.3, -0.25) is 14.4 Å². The summed E-state index contributed by atoms with van der Waals surface area (Å²) in [7, 11) is 1.52. The van der Waals surface area contributed by atoms with Crippen molar-refractivity contribution in [1.29, 1.82) is 0 Å². The van der Waals surface area contributed by atoms with Crippen LogP contribution in [0.15, 0.2) is 48.5 Å². The van der Waals surface area contributed by atoms with Crippen LogP contribution in [0.5, 0.6) is 5.75 Å². The van der Waals surface area contributed by atoms with Crippen molar-refractivity contribution in [2.75, 3.05) is 26.7 Å². The fraction of sp³-hybridized carbons (Fsp3) is 0.400. The summed E-state index contributed by atoms with van der Waals surface area (Å²) in [6, 6.07) is 11.9. The van der Waals surface area contributed by atoms with Gasteiger partial charge in [-0.15, -0.1) is 0 Å². The highest BCUT2D eigenvalue weighted by molar-refractivity contribution is 5.98. The average molecular weight is 456 g/mol. The molecule has 0 spiro atoms. The molecule has 0 unspecified atom stereocenters. The third-order valence-corrected chi connectivity index (χ3v) is 5.85. The lowest BCUT2D eigenvalue weighted by molar-refractivity contribution is -0.124. The molecule has 8 heteroatoms. The van der Waals surface area contributed by atoms with Crippen LogP contribution in [0, 0.1) is 11.7 Å². The van der Waals surface area contributed by atoms with E-state index in [0.29, 0.717) is 43.8 Å². The van der Waals surface area contributed by atoms with E-state index >= 15 is 0 Å². The molecule has 1 aliphatic rings. The van der Waals surface area contributed by atoms with Crippen LogP contribution in [-0.4, -0.2) is 55.4 Å². The minimum Gasteiger partial charge on any atom is -0.497 e. The molecule has 1 atom stereocenters. The molecule has 1 heterocycles. The lowest BCUT2D eigenvalue weighted by Gasteiger charge is -2.36. The Morgan fingerprint density at radius 2 is 1.85 bits per heavy atom. The Balaban J connectivity index is 1.70. The third kappa shape index (κ3) is 6.09. The number of ether oxygens (including phenoxy) is 1. The summed E-state index contributed by atoms with van der Waals surface area (Å²) in [5.74, 6) is -1.12. The van der Waals surface area contributed by atoms with Crippen molar-refractivity contribution in [2.24, 2.45) is 5.92 Å². The van der Waals surface area contributed by atoms with Crippen LogP contribution in [0.3, 0.4) is 0 Å². The number of carbonyl (C=O) groups is 3. The Hall–Kier alpha value is -3.42. The van der Waals surface area contributed by atoms with Crippen molar-refractivity contribution in [3.63, 3.8) is 0 Å². The Labute approximate surface area is 193 Å². The number of benzene rings is 2. The molecule has 3 rings (SSSR count). The van der Waals surface area contributed by atoms with Crippen LogP contribution < -0.4 is 15.4 Å². The molecule has 1 saturated heterocycles. The number of likely N-dealkylation sites (tertiary alicyclic amines) is 1. The van der Waals surface area contributed by atoms with Crippen molar-refractivity contribution in [3.05, 3.63) is 65.5 Å². The van der Waals surface area contributed by atoms with E-state index in [1.807, 2.05) is 6.92 Å². The van der Waals surface area contributed by atoms with Gasteiger partial charge in [0.1, 0.15) is 17.6 Å². The number of nitrogens with one attached hydrogen (secondary N) is 2. The maximum absolute atomic E-state index is 14.0. The molecule has 7 nitrogen and oxygen atoms in total. The number of hydrogen-bond acceptors (Lipinski definition) is 4. The quantitative estimate of drug-likeness (QED) is 0.641. The molecule has 1 aliphatic heterocycles. The summed E-state index contributed by atoms with van der Waals surface area (Å²) < 4.78 is 19.2. The van der Waals surface area contributed by atoms with Gasteiger partial charge in [-0.25, -0.2) is 4.39 Å². The monoisotopic (exact) mass is 455 g/mol. The number of carbonyl (C=O) groups excluding carboxylic acids is 3. The highest BCUT2D eigenvalue weighted by Gasteiger charge is 2.34. The Morgan fingerprint density at radius 3 is 2.52 bits per heavy atom. The van der Waals surface area contributed by atoms with Crippen LogP contribution in [0.1, 0.15) is 46.9 Å². The second-order valence-corrected chi connectivity index (χ2v) is 8.08. The molecule has 0 radical (unpaired) electrons. The highest BCUT2D eigenvalue weighted by Crippen LogP contribution is 2.24. The van der Waals surface area contributed by atoms with Crippen LogP contribution in [0.2, 0.25) is 0 Å². The lowest BCUT2D eigenvalue weighted by atomic mass is 9.88. The van der Waals surface area contributed by atoms with E-state index in [0.717, 1.165) is 6.42 Å². The zero-order valence-corrected chi connectivity index (χ0v) is 19.0. The van der Waals surface area contributed by atoms with Crippen LogP contribution in [0.25, 0.3) is 0 Å². The summed E-state index contributed by atoms with van der Waals surface area (Å²) in [6.07, 6.45) is 1.81. The predicted molar refractivity (Wildman–Crippen MR) is 123 cm³/mol. The lowest BCUT2D eigenvalue weighted by Crippen LogP contribution is -2.54. The summed E-state index contributed by atoms with van der Waals surface area (Å²) in [6.45, 7) is 3.22. The molecule has 2 aromatic carbocycles. The number of methoxy groups -OCH3 is 1. The van der Waals surface area contributed by atoms with Gasteiger partial charge in [0.2, 0.25) is 5.91 Å². The van der Waals surface area contributed by atoms with E-state index in [9.17, 15) is 18.8 Å². The first kappa shape index (κ1) is 24.2. The van der Waals surface area contributed by atoms with Gasteiger partial charge < -0.3 is 20.3 Å². The maximum Gasteiger partial charge on any atom is 0.256 e. The Morgan fingerprint density at radius 1 is 1.12 bits per heavy atom. The van der Waals surface area contributed by atoms with Crippen molar-refractivity contribution in [2.45, 2.75) is 32.2 Å². The van der Waals surface area contributed by atoms with Gasteiger partial charge >= 0.3 is 0 Å². The van der Waals surface area contributed by atoms with Gasteiger partial charge in [-0.05, 0) is 55.5 Å². The summed E-state index contributed by atoms with van der Waals surface area (Å²) in [5.41, 5.74) is 0.439. The smallest absolute Gasteiger partial charge is 0.256 e. The number of halogens is 1. The predicted octanol–water partition coefficient (Wildman–Crippen LogP) is 3.01. The normalized spacial score (nSPS) is 14.9. The van der Waals surface area contributed by atoms with Crippen LogP contribution >= 0.6 is 0 Å². The first-order chi connectivity index (χ1) is 15.9. The second kappa shape index (κ2) is 11.4. The second-order valence-electron chi connectivity index (χ2n) is 8.08. The van der Waals surface area contributed by atoms with Crippen LogP contribution in [0.4, 0.5) is 4.39 Å². The number of hydrogen-bond donors (Lipinski definition) is 2. The molecule has 3 amide bonds. The zero-order valence-electron chi connectivity index (χ0n) is 19.0. The molecule has 176 valence electrons. The first-order valence-electron chi connectivity index (χ1n) is 11.2. The first-order valence-corrected chi connectivity index (χ1v) is 11.2. The number of nitrogens with zero attached hydrogens (tertiary/aromatic N) is 1. The standard InChI is InChI=1S/C25H30FN3O4/c1-3-13-27-24(31)22(28-23(30)18-7-6-8-19(16-18)33-2)17-11-14-29(15-12-17)25(32)20-9-4-5-10-21(20)26/h4-10,16-17,22H,3,11-15H2,1-2H3,(H,27,31)(H,28,30)/t22-/m1/s1. The topological polar surface area (TPSA) is 87.7 Å². The highest BCUT2D eigenvalue weighted by atomic mass is 19.1. The summed E-state index contributed by atoms with van der Waals surface area (Å²) >= 11 is 0. The van der Waals surface area contributed by atoms with Gasteiger partial charge in [-0.2, -0.15) is 0 Å². The molecule has 33 heavy (non-hydrogen) atoms. The van der Waals surface area contributed by atoms with Gasteiger partial charge in [0.15, 0.2) is 0 Å². The minimum absolute atomic E-state index is 0.0412. The maximum atomic E-state index is 14.0. The zero-order chi connectivity index (χ0) is 23.8. The van der Waals surface area contributed by atoms with Crippen molar-refractivity contribution < 1.29 is 23.5 Å². The average Bonchev–Trinajstić information content (AvgIpc) is 2.85. The number of rotatable bonds is 8. The molecule has 2 aromatic rings. The molecule has 1 fully saturated rings. The molecule has 2 N–H and O–H groups in total. The number of piperidine rings is 1.